The van der Waals surface area contributed by atoms with E-state index in [4.69, 9.17) is 10.5 Å². The second-order valence-electron chi connectivity index (χ2n) is 2.80. The summed E-state index contributed by atoms with van der Waals surface area (Å²) in [7, 11) is 0. The van der Waals surface area contributed by atoms with Gasteiger partial charge in [0.05, 0.1) is 6.07 Å². The van der Waals surface area contributed by atoms with Crippen LogP contribution in [0.2, 0.25) is 0 Å². The summed E-state index contributed by atoms with van der Waals surface area (Å²) in [6.45, 7) is 0. The van der Waals surface area contributed by atoms with Crippen LogP contribution in [0.5, 0.6) is 11.6 Å². The molecule has 0 fully saturated rings. The third kappa shape index (κ3) is 2.40. The lowest BCUT2D eigenvalue weighted by Gasteiger charge is -2.04. The predicted molar refractivity (Wildman–Crippen MR) is 52.9 cm³/mol. The van der Waals surface area contributed by atoms with Crippen molar-refractivity contribution < 1.29 is 9.13 Å². The monoisotopic (exact) mass is 205 g/mol. The summed E-state index contributed by atoms with van der Waals surface area (Å²) in [6, 6.07) is 9.99. The zero-order chi connectivity index (χ0) is 10.7. The van der Waals surface area contributed by atoms with E-state index in [-0.39, 0.29) is 11.8 Å². The zero-order valence-electron chi connectivity index (χ0n) is 7.72. The third-order valence-corrected chi connectivity index (χ3v) is 1.65. The fraction of sp³-hybridized carbons (Fsp3) is 0. The average molecular weight is 205 g/mol. The molecule has 0 aliphatic carbocycles. The Morgan fingerprint density at radius 2 is 1.87 bits per heavy atom. The summed E-state index contributed by atoms with van der Waals surface area (Å²) < 4.78 is 18.1. The van der Waals surface area contributed by atoms with E-state index in [9.17, 15) is 4.39 Å². The summed E-state index contributed by atoms with van der Waals surface area (Å²) in [4.78, 5) is 7.03. The molecule has 0 radical (unpaired) electrons. The molecule has 4 nitrogen and oxygen atoms in total. The van der Waals surface area contributed by atoms with E-state index in [1.807, 2.05) is 6.07 Å². The second-order valence-corrected chi connectivity index (χ2v) is 2.80. The third-order valence-electron chi connectivity index (χ3n) is 1.65. The van der Waals surface area contributed by atoms with Crippen LogP contribution in [0.15, 0.2) is 36.4 Å². The van der Waals surface area contributed by atoms with Crippen molar-refractivity contribution in [1.29, 1.82) is 0 Å². The van der Waals surface area contributed by atoms with Crippen LogP contribution in [0.25, 0.3) is 0 Å². The Morgan fingerprint density at radius 3 is 2.53 bits per heavy atom. The SMILES string of the molecule is Nc1nc(F)cc(Oc2ccccc2)n1. The highest BCUT2D eigenvalue weighted by molar-refractivity contribution is 5.28. The first-order valence-electron chi connectivity index (χ1n) is 4.27. The minimum Gasteiger partial charge on any atom is -0.439 e. The van der Waals surface area contributed by atoms with E-state index in [1.165, 1.54) is 0 Å². The van der Waals surface area contributed by atoms with Gasteiger partial charge in [0.2, 0.25) is 17.8 Å². The highest BCUT2D eigenvalue weighted by Gasteiger charge is 2.03. The highest BCUT2D eigenvalue weighted by atomic mass is 19.1. The molecule has 0 saturated carbocycles. The number of nitrogens with zero attached hydrogens (tertiary/aromatic N) is 2. The van der Waals surface area contributed by atoms with Gasteiger partial charge in [-0.15, -0.1) is 0 Å². The van der Waals surface area contributed by atoms with Gasteiger partial charge < -0.3 is 10.5 Å². The maximum atomic E-state index is 12.8. The van der Waals surface area contributed by atoms with E-state index in [1.54, 1.807) is 24.3 Å². The summed E-state index contributed by atoms with van der Waals surface area (Å²) in [6.07, 6.45) is 0. The van der Waals surface area contributed by atoms with E-state index >= 15 is 0 Å². The zero-order valence-corrected chi connectivity index (χ0v) is 7.72. The fourth-order valence-electron chi connectivity index (χ4n) is 1.08. The Bertz CT molecular complexity index is 441. The van der Waals surface area contributed by atoms with Gasteiger partial charge in [-0.3, -0.25) is 0 Å². The standard InChI is InChI=1S/C10H8FN3O/c11-8-6-9(14-10(12)13-8)15-7-4-2-1-3-5-7/h1-6H,(H2,12,13,14). The topological polar surface area (TPSA) is 61.0 Å². The van der Waals surface area contributed by atoms with Crippen molar-refractivity contribution in [2.45, 2.75) is 0 Å². The molecule has 1 heterocycles. The van der Waals surface area contributed by atoms with Crippen molar-refractivity contribution in [1.82, 2.24) is 9.97 Å². The molecular weight excluding hydrogens is 197 g/mol. The van der Waals surface area contributed by atoms with Gasteiger partial charge in [-0.2, -0.15) is 14.4 Å². The minimum absolute atomic E-state index is 0.0891. The number of hydrogen-bond acceptors (Lipinski definition) is 4. The van der Waals surface area contributed by atoms with Crippen molar-refractivity contribution in [3.8, 4) is 11.6 Å². The van der Waals surface area contributed by atoms with Crippen molar-refractivity contribution >= 4 is 5.95 Å². The first-order chi connectivity index (χ1) is 7.24. The van der Waals surface area contributed by atoms with Gasteiger partial charge in [-0.1, -0.05) is 18.2 Å². The van der Waals surface area contributed by atoms with Gasteiger partial charge in [-0.05, 0) is 12.1 Å². The lowest BCUT2D eigenvalue weighted by Crippen LogP contribution is -1.99. The van der Waals surface area contributed by atoms with Gasteiger partial charge in [0.15, 0.2) is 0 Å². The van der Waals surface area contributed by atoms with Crippen molar-refractivity contribution in [2.75, 3.05) is 5.73 Å². The van der Waals surface area contributed by atoms with E-state index in [0.717, 1.165) is 6.07 Å². The number of aromatic nitrogens is 2. The van der Waals surface area contributed by atoms with Crippen LogP contribution in [0.4, 0.5) is 10.3 Å². The summed E-state index contributed by atoms with van der Waals surface area (Å²) in [5.41, 5.74) is 5.27. The Labute approximate surface area is 85.5 Å². The lowest BCUT2D eigenvalue weighted by molar-refractivity contribution is 0.452. The van der Waals surface area contributed by atoms with Gasteiger partial charge in [0.25, 0.3) is 0 Å². The van der Waals surface area contributed by atoms with E-state index in [0.29, 0.717) is 5.75 Å². The molecular formula is C10H8FN3O. The highest BCUT2D eigenvalue weighted by Crippen LogP contribution is 2.19. The first kappa shape index (κ1) is 9.39. The Kier molecular flexibility index (Phi) is 2.45. The Hall–Kier alpha value is -2.17. The van der Waals surface area contributed by atoms with Crippen LogP contribution in [0, 0.1) is 5.95 Å². The minimum atomic E-state index is -0.714. The number of hydrogen-bond donors (Lipinski definition) is 1. The largest absolute Gasteiger partial charge is 0.439 e. The van der Waals surface area contributed by atoms with Crippen LogP contribution in [-0.4, -0.2) is 9.97 Å². The average Bonchev–Trinajstić information content (AvgIpc) is 2.17. The van der Waals surface area contributed by atoms with Crippen LogP contribution in [0.1, 0.15) is 0 Å². The lowest BCUT2D eigenvalue weighted by atomic mass is 10.3. The molecule has 1 aromatic heterocycles. The molecule has 76 valence electrons. The molecule has 0 amide bonds. The molecule has 2 N–H and O–H groups in total. The number of rotatable bonds is 2. The molecule has 5 heteroatoms. The van der Waals surface area contributed by atoms with Gasteiger partial charge in [-0.25, -0.2) is 0 Å². The Morgan fingerprint density at radius 1 is 1.13 bits per heavy atom. The number of halogens is 1. The van der Waals surface area contributed by atoms with Crippen molar-refractivity contribution in [3.05, 3.63) is 42.3 Å². The predicted octanol–water partition coefficient (Wildman–Crippen LogP) is 1.99. The molecule has 0 bridgehead atoms. The van der Waals surface area contributed by atoms with E-state index < -0.39 is 5.95 Å². The quantitative estimate of drug-likeness (QED) is 0.761. The van der Waals surface area contributed by atoms with Crippen LogP contribution < -0.4 is 10.5 Å². The molecule has 1 aromatic carbocycles. The van der Waals surface area contributed by atoms with Gasteiger partial charge >= 0.3 is 0 Å². The number of anilines is 1. The van der Waals surface area contributed by atoms with Gasteiger partial charge in [0, 0.05) is 0 Å². The van der Waals surface area contributed by atoms with Crippen molar-refractivity contribution in [2.24, 2.45) is 0 Å². The molecule has 0 aliphatic rings. The maximum absolute atomic E-state index is 12.8. The second kappa shape index (κ2) is 3.91. The normalized spacial score (nSPS) is 9.93. The van der Waals surface area contributed by atoms with Crippen LogP contribution in [-0.2, 0) is 0 Å². The number of ether oxygens (including phenoxy) is 1. The molecule has 2 aromatic rings. The van der Waals surface area contributed by atoms with Crippen molar-refractivity contribution in [3.63, 3.8) is 0 Å². The summed E-state index contributed by atoms with van der Waals surface area (Å²) in [5.74, 6) is -0.212. The van der Waals surface area contributed by atoms with Gasteiger partial charge in [0.1, 0.15) is 5.75 Å². The van der Waals surface area contributed by atoms with Crippen LogP contribution in [0.3, 0.4) is 0 Å². The molecule has 0 spiro atoms. The Balaban J connectivity index is 2.25. The molecule has 0 aliphatic heterocycles. The summed E-state index contributed by atoms with van der Waals surface area (Å²) in [5, 5.41) is 0. The fourth-order valence-corrected chi connectivity index (χ4v) is 1.08. The molecule has 0 saturated heterocycles. The number of nitrogens with two attached hydrogens (primary N) is 1. The first-order valence-corrected chi connectivity index (χ1v) is 4.27. The number of benzene rings is 1. The smallest absolute Gasteiger partial charge is 0.227 e. The van der Waals surface area contributed by atoms with E-state index in [2.05, 4.69) is 9.97 Å². The molecule has 0 unspecified atom stereocenters. The number of para-hydroxylation sites is 1. The maximum Gasteiger partial charge on any atom is 0.227 e. The number of nitrogen functional groups attached to an aromatic ring is 1. The molecule has 0 atom stereocenters. The van der Waals surface area contributed by atoms with Crippen LogP contribution >= 0.6 is 0 Å². The molecule has 2 rings (SSSR count). The molecule has 15 heavy (non-hydrogen) atoms. The summed E-state index contributed by atoms with van der Waals surface area (Å²) >= 11 is 0.